The summed E-state index contributed by atoms with van der Waals surface area (Å²) in [4.78, 5) is 0. The second-order valence-electron chi connectivity index (χ2n) is 4.33. The first kappa shape index (κ1) is 9.64. The summed E-state index contributed by atoms with van der Waals surface area (Å²) >= 11 is 0. The van der Waals surface area contributed by atoms with Crippen LogP contribution in [0.4, 0.5) is 0 Å². The summed E-state index contributed by atoms with van der Waals surface area (Å²) in [6.07, 6.45) is 0. The van der Waals surface area contributed by atoms with Crippen molar-refractivity contribution in [1.82, 2.24) is 24.8 Å². The van der Waals surface area contributed by atoms with Crippen molar-refractivity contribution in [2.75, 3.05) is 7.11 Å². The smallest absolute Gasteiger partial charge is 0.198 e. The van der Waals surface area contributed by atoms with Gasteiger partial charge in [0, 0.05) is 17.4 Å². The Morgan fingerprint density at radius 1 is 1.22 bits per heavy atom. The molecular weight excluding hydrogens is 230 g/mol. The number of aryl methyl sites for hydroxylation is 2. The molecule has 6 nitrogen and oxygen atoms in total. The van der Waals surface area contributed by atoms with Crippen LogP contribution in [-0.2, 0) is 13.1 Å². The molecule has 0 unspecified atom stereocenters. The van der Waals surface area contributed by atoms with Crippen LogP contribution in [0.3, 0.4) is 0 Å². The zero-order valence-electron chi connectivity index (χ0n) is 9.87. The van der Waals surface area contributed by atoms with Crippen LogP contribution in [0.2, 0.25) is 0 Å². The normalized spacial score (nSPS) is 13.4. The monoisotopic (exact) mass is 241 g/mol. The molecule has 1 aliphatic rings. The molecule has 1 aliphatic heterocycles. The minimum atomic E-state index is 0.811. The number of benzene rings is 1. The number of fused-ring (bicyclic) bond motifs is 5. The van der Waals surface area contributed by atoms with Crippen LogP contribution in [-0.4, -0.2) is 31.9 Å². The van der Waals surface area contributed by atoms with Crippen molar-refractivity contribution in [2.24, 2.45) is 0 Å². The fourth-order valence-corrected chi connectivity index (χ4v) is 2.54. The van der Waals surface area contributed by atoms with E-state index in [2.05, 4.69) is 32.2 Å². The fraction of sp³-hybridized carbons (Fsp3) is 0.250. The third-order valence-corrected chi connectivity index (χ3v) is 3.40. The lowest BCUT2D eigenvalue weighted by molar-refractivity contribution is 0.415. The molecule has 0 amide bonds. The van der Waals surface area contributed by atoms with Gasteiger partial charge in [0.2, 0.25) is 0 Å². The summed E-state index contributed by atoms with van der Waals surface area (Å²) in [7, 11) is 1.68. The van der Waals surface area contributed by atoms with E-state index < -0.39 is 0 Å². The maximum Gasteiger partial charge on any atom is 0.198 e. The van der Waals surface area contributed by atoms with Crippen molar-refractivity contribution in [3.63, 3.8) is 0 Å². The number of tetrazole rings is 1. The van der Waals surface area contributed by atoms with Gasteiger partial charge in [-0.2, -0.15) is 0 Å². The first-order valence-electron chi connectivity index (χ1n) is 5.80. The molecule has 0 aliphatic carbocycles. The molecule has 18 heavy (non-hydrogen) atoms. The Morgan fingerprint density at radius 3 is 3.06 bits per heavy atom. The predicted octanol–water partition coefficient (Wildman–Crippen LogP) is 1.32. The van der Waals surface area contributed by atoms with Gasteiger partial charge in [0.05, 0.1) is 19.3 Å². The molecule has 0 fully saturated rings. The summed E-state index contributed by atoms with van der Waals surface area (Å²) in [5, 5.41) is 12.9. The van der Waals surface area contributed by atoms with Crippen molar-refractivity contribution in [3.8, 4) is 17.3 Å². The highest BCUT2D eigenvalue weighted by molar-refractivity contribution is 5.87. The molecule has 0 atom stereocenters. The van der Waals surface area contributed by atoms with Crippen molar-refractivity contribution >= 4 is 10.9 Å². The van der Waals surface area contributed by atoms with Crippen LogP contribution in [0.25, 0.3) is 22.4 Å². The first-order chi connectivity index (χ1) is 8.86. The molecule has 6 heteroatoms. The predicted molar refractivity (Wildman–Crippen MR) is 65.3 cm³/mol. The van der Waals surface area contributed by atoms with Gasteiger partial charge in [-0.25, -0.2) is 4.68 Å². The molecule has 90 valence electrons. The second kappa shape index (κ2) is 3.32. The molecule has 1 aromatic carbocycles. The van der Waals surface area contributed by atoms with E-state index in [1.54, 1.807) is 7.11 Å². The Bertz CT molecular complexity index is 742. The van der Waals surface area contributed by atoms with E-state index in [4.69, 9.17) is 4.74 Å². The standard InChI is InChI=1S/C12H11N5O/c1-18-9-2-3-10-8(6-9)7-11-12-13-14-15-17(12)5-4-16(10)11/h2-3,6-7H,4-5H2,1H3. The summed E-state index contributed by atoms with van der Waals surface area (Å²) in [6, 6.07) is 8.21. The summed E-state index contributed by atoms with van der Waals surface area (Å²) in [5.74, 6) is 1.70. The summed E-state index contributed by atoms with van der Waals surface area (Å²) < 4.78 is 9.34. The lowest BCUT2D eigenvalue weighted by atomic mass is 10.2. The molecule has 2 aromatic heterocycles. The zero-order chi connectivity index (χ0) is 12.1. The van der Waals surface area contributed by atoms with E-state index >= 15 is 0 Å². The highest BCUT2D eigenvalue weighted by Crippen LogP contribution is 2.31. The van der Waals surface area contributed by atoms with E-state index in [-0.39, 0.29) is 0 Å². The Labute approximate surface area is 103 Å². The SMILES string of the molecule is COc1ccc2c(c1)cc1n2CCn2nnnc2-1. The van der Waals surface area contributed by atoms with Crippen molar-refractivity contribution in [3.05, 3.63) is 24.3 Å². The van der Waals surface area contributed by atoms with Crippen LogP contribution in [0.15, 0.2) is 24.3 Å². The number of hydrogen-bond acceptors (Lipinski definition) is 4. The highest BCUT2D eigenvalue weighted by Gasteiger charge is 2.21. The van der Waals surface area contributed by atoms with E-state index in [9.17, 15) is 0 Å². The largest absolute Gasteiger partial charge is 0.497 e. The van der Waals surface area contributed by atoms with Gasteiger partial charge in [0.15, 0.2) is 5.82 Å². The maximum absolute atomic E-state index is 5.25. The van der Waals surface area contributed by atoms with Crippen molar-refractivity contribution in [2.45, 2.75) is 13.1 Å². The van der Waals surface area contributed by atoms with E-state index in [1.165, 1.54) is 5.52 Å². The van der Waals surface area contributed by atoms with Gasteiger partial charge in [-0.1, -0.05) is 0 Å². The molecule has 0 radical (unpaired) electrons. The molecule has 3 heterocycles. The third-order valence-electron chi connectivity index (χ3n) is 3.40. The minimum Gasteiger partial charge on any atom is -0.497 e. The van der Waals surface area contributed by atoms with E-state index in [0.29, 0.717) is 0 Å². The van der Waals surface area contributed by atoms with Gasteiger partial charge < -0.3 is 9.30 Å². The number of ether oxygens (including phenoxy) is 1. The van der Waals surface area contributed by atoms with Gasteiger partial charge in [-0.05, 0) is 34.7 Å². The first-order valence-corrected chi connectivity index (χ1v) is 5.80. The second-order valence-corrected chi connectivity index (χ2v) is 4.33. The number of aromatic nitrogens is 5. The molecule has 3 aromatic rings. The molecule has 0 bridgehead atoms. The van der Waals surface area contributed by atoms with Gasteiger partial charge in [-0.15, -0.1) is 5.10 Å². The van der Waals surface area contributed by atoms with Crippen molar-refractivity contribution < 1.29 is 4.74 Å². The average Bonchev–Trinajstić information content (AvgIpc) is 3.00. The average molecular weight is 241 g/mol. The Kier molecular flexibility index (Phi) is 1.78. The summed E-state index contributed by atoms with van der Waals surface area (Å²) in [6.45, 7) is 1.70. The number of rotatable bonds is 1. The molecule has 0 N–H and O–H groups in total. The van der Waals surface area contributed by atoms with Crippen LogP contribution in [0, 0.1) is 0 Å². The van der Waals surface area contributed by atoms with Crippen LogP contribution in [0.1, 0.15) is 0 Å². The quantitative estimate of drug-likeness (QED) is 0.644. The topological polar surface area (TPSA) is 57.8 Å². The molecule has 0 saturated heterocycles. The van der Waals surface area contributed by atoms with Crippen LogP contribution >= 0.6 is 0 Å². The minimum absolute atomic E-state index is 0.811. The molecule has 0 spiro atoms. The van der Waals surface area contributed by atoms with Crippen molar-refractivity contribution in [1.29, 1.82) is 0 Å². The molecule has 0 saturated carbocycles. The van der Waals surface area contributed by atoms with E-state index in [1.807, 2.05) is 16.8 Å². The molecule has 4 rings (SSSR count). The van der Waals surface area contributed by atoms with Crippen LogP contribution in [0.5, 0.6) is 5.75 Å². The van der Waals surface area contributed by atoms with Gasteiger partial charge >= 0.3 is 0 Å². The maximum atomic E-state index is 5.25. The number of methoxy groups -OCH3 is 1. The van der Waals surface area contributed by atoms with Gasteiger partial charge in [0.1, 0.15) is 5.75 Å². The van der Waals surface area contributed by atoms with Gasteiger partial charge in [0.25, 0.3) is 0 Å². The van der Waals surface area contributed by atoms with E-state index in [0.717, 1.165) is 35.7 Å². The Hall–Kier alpha value is -2.37. The third kappa shape index (κ3) is 1.14. The number of hydrogen-bond donors (Lipinski definition) is 0. The van der Waals surface area contributed by atoms with Gasteiger partial charge in [-0.3, -0.25) is 0 Å². The van der Waals surface area contributed by atoms with Crippen LogP contribution < -0.4 is 4.74 Å². The number of nitrogens with zero attached hydrogens (tertiary/aromatic N) is 5. The highest BCUT2D eigenvalue weighted by atomic mass is 16.5. The molecular formula is C12H11N5O. The zero-order valence-corrected chi connectivity index (χ0v) is 9.87. The Balaban J connectivity index is 2.03. The summed E-state index contributed by atoms with van der Waals surface area (Å²) in [5.41, 5.74) is 2.26. The lowest BCUT2D eigenvalue weighted by Crippen LogP contribution is -2.17. The fourth-order valence-electron chi connectivity index (χ4n) is 2.54. The lowest BCUT2D eigenvalue weighted by Gasteiger charge is -2.15. The Morgan fingerprint density at radius 2 is 2.17 bits per heavy atom.